The van der Waals surface area contributed by atoms with Crippen molar-refractivity contribution in [3.63, 3.8) is 0 Å². The Balaban J connectivity index is 1.50. The van der Waals surface area contributed by atoms with Crippen molar-refractivity contribution >= 4 is 15.5 Å². The Morgan fingerprint density at radius 1 is 1.16 bits per heavy atom. The maximum absolute atomic E-state index is 12.5. The molecule has 3 aromatic rings. The zero-order valence-electron chi connectivity index (χ0n) is 17.7. The predicted octanol–water partition coefficient (Wildman–Crippen LogP) is 1.41. The summed E-state index contributed by atoms with van der Waals surface area (Å²) >= 11 is 0. The van der Waals surface area contributed by atoms with Gasteiger partial charge in [0.15, 0.2) is 0 Å². The SMILES string of the molecule is CC(C)CS(=O)(=O)N1CCC(Cc2ccn3ncc(-n4ccc(=O)[nH]c4=O)c3c2)CC1. The van der Waals surface area contributed by atoms with Crippen molar-refractivity contribution in [3.05, 3.63) is 63.2 Å². The van der Waals surface area contributed by atoms with Gasteiger partial charge in [-0.25, -0.2) is 22.0 Å². The quantitative estimate of drug-likeness (QED) is 0.617. The van der Waals surface area contributed by atoms with Gasteiger partial charge in [-0.3, -0.25) is 14.3 Å². The van der Waals surface area contributed by atoms with Crippen LogP contribution < -0.4 is 11.2 Å². The molecule has 4 rings (SSSR count). The smallest absolute Gasteiger partial charge is 0.274 e. The van der Waals surface area contributed by atoms with Gasteiger partial charge in [0.05, 0.1) is 23.2 Å². The molecule has 1 fully saturated rings. The molecule has 0 radical (unpaired) electrons. The van der Waals surface area contributed by atoms with Crippen LogP contribution in [0.4, 0.5) is 0 Å². The molecule has 0 atom stereocenters. The first-order valence-corrected chi connectivity index (χ1v) is 12.1. The zero-order valence-corrected chi connectivity index (χ0v) is 18.5. The molecule has 0 unspecified atom stereocenters. The van der Waals surface area contributed by atoms with Gasteiger partial charge in [0.25, 0.3) is 5.56 Å². The van der Waals surface area contributed by atoms with E-state index in [9.17, 15) is 18.0 Å². The van der Waals surface area contributed by atoms with Crippen molar-refractivity contribution in [2.24, 2.45) is 11.8 Å². The lowest BCUT2D eigenvalue weighted by molar-refractivity contribution is 0.272. The minimum absolute atomic E-state index is 0.120. The summed E-state index contributed by atoms with van der Waals surface area (Å²) in [6, 6.07) is 5.30. The molecule has 0 bridgehead atoms. The van der Waals surface area contributed by atoms with E-state index in [1.165, 1.54) is 16.8 Å². The number of piperidine rings is 1. The zero-order chi connectivity index (χ0) is 22.2. The fourth-order valence-electron chi connectivity index (χ4n) is 4.18. The fraction of sp³-hybridized carbons (Fsp3) is 0.476. The van der Waals surface area contributed by atoms with Crippen LogP contribution in [0.3, 0.4) is 0 Å². The lowest BCUT2D eigenvalue weighted by Crippen LogP contribution is -2.40. The van der Waals surface area contributed by atoms with E-state index in [2.05, 4.69) is 10.1 Å². The first-order valence-electron chi connectivity index (χ1n) is 10.5. The summed E-state index contributed by atoms with van der Waals surface area (Å²) in [6.45, 7) is 4.97. The molecular formula is C21H27N5O4S. The molecule has 0 amide bonds. The van der Waals surface area contributed by atoms with E-state index in [0.717, 1.165) is 30.3 Å². The molecule has 3 aromatic heterocycles. The van der Waals surface area contributed by atoms with Gasteiger partial charge < -0.3 is 0 Å². The number of fused-ring (bicyclic) bond motifs is 1. The molecule has 0 aromatic carbocycles. The normalized spacial score (nSPS) is 16.4. The van der Waals surface area contributed by atoms with Crippen molar-refractivity contribution in [1.29, 1.82) is 0 Å². The minimum Gasteiger partial charge on any atom is -0.274 e. The third kappa shape index (κ3) is 4.64. The minimum atomic E-state index is -3.18. The number of aromatic amines is 1. The Hall–Kier alpha value is -2.72. The molecule has 1 aliphatic rings. The summed E-state index contributed by atoms with van der Waals surface area (Å²) in [5.41, 5.74) is 1.51. The van der Waals surface area contributed by atoms with E-state index in [4.69, 9.17) is 0 Å². The second kappa shape index (κ2) is 8.43. The van der Waals surface area contributed by atoms with E-state index in [-0.39, 0.29) is 11.7 Å². The van der Waals surface area contributed by atoms with E-state index in [0.29, 0.717) is 24.7 Å². The predicted molar refractivity (Wildman–Crippen MR) is 118 cm³/mol. The molecule has 0 saturated carbocycles. The molecule has 1 N–H and O–H groups in total. The van der Waals surface area contributed by atoms with Gasteiger partial charge in [0.2, 0.25) is 10.0 Å². The highest BCUT2D eigenvalue weighted by Crippen LogP contribution is 2.25. The molecule has 166 valence electrons. The lowest BCUT2D eigenvalue weighted by atomic mass is 9.91. The van der Waals surface area contributed by atoms with Gasteiger partial charge in [-0.2, -0.15) is 5.10 Å². The largest absolute Gasteiger partial charge is 0.333 e. The Morgan fingerprint density at radius 2 is 1.90 bits per heavy atom. The number of sulfonamides is 1. The van der Waals surface area contributed by atoms with Crippen LogP contribution in [0, 0.1) is 11.8 Å². The number of aromatic nitrogens is 4. The second-order valence-electron chi connectivity index (χ2n) is 8.59. The molecule has 31 heavy (non-hydrogen) atoms. The summed E-state index contributed by atoms with van der Waals surface area (Å²) in [6.07, 6.45) is 7.38. The Kier molecular flexibility index (Phi) is 5.85. The van der Waals surface area contributed by atoms with Gasteiger partial charge in [-0.05, 0) is 48.8 Å². The number of pyridine rings is 1. The third-order valence-corrected chi connectivity index (χ3v) is 7.92. The molecule has 4 heterocycles. The fourth-order valence-corrected chi connectivity index (χ4v) is 6.00. The van der Waals surface area contributed by atoms with E-state index >= 15 is 0 Å². The molecular weight excluding hydrogens is 418 g/mol. The Bertz CT molecular complexity index is 1300. The van der Waals surface area contributed by atoms with E-state index in [1.54, 1.807) is 15.0 Å². The standard InChI is InChI=1S/C21H27N5O4S/c1-15(2)14-31(29,30)24-7-3-16(4-8-24)11-17-5-10-26-18(12-17)19(13-22-26)25-9-6-20(27)23-21(25)28/h5-6,9-10,12-13,15-16H,3-4,7-8,11,14H2,1-2H3,(H,23,27,28). The van der Waals surface area contributed by atoms with Crippen LogP contribution in [0.1, 0.15) is 32.3 Å². The van der Waals surface area contributed by atoms with Crippen LogP contribution in [0.25, 0.3) is 11.2 Å². The molecule has 0 spiro atoms. The Morgan fingerprint density at radius 3 is 2.58 bits per heavy atom. The van der Waals surface area contributed by atoms with E-state index < -0.39 is 21.3 Å². The van der Waals surface area contributed by atoms with Crippen LogP contribution in [0.5, 0.6) is 0 Å². The summed E-state index contributed by atoms with van der Waals surface area (Å²) in [4.78, 5) is 25.8. The Labute approximate surface area is 180 Å². The number of hydrogen-bond acceptors (Lipinski definition) is 5. The molecule has 1 aliphatic heterocycles. The first kappa shape index (κ1) is 21.5. The number of hydrogen-bond donors (Lipinski definition) is 1. The van der Waals surface area contributed by atoms with Gasteiger partial charge >= 0.3 is 5.69 Å². The van der Waals surface area contributed by atoms with Crippen molar-refractivity contribution in [2.45, 2.75) is 33.1 Å². The molecule has 1 saturated heterocycles. The van der Waals surface area contributed by atoms with Crippen LogP contribution >= 0.6 is 0 Å². The van der Waals surface area contributed by atoms with Gasteiger partial charge in [-0.1, -0.05) is 13.8 Å². The first-order chi connectivity index (χ1) is 14.7. The average molecular weight is 446 g/mol. The maximum Gasteiger partial charge on any atom is 0.333 e. The highest BCUT2D eigenvalue weighted by atomic mass is 32.2. The number of rotatable bonds is 6. The summed E-state index contributed by atoms with van der Waals surface area (Å²) in [5.74, 6) is 0.715. The molecule has 10 heteroatoms. The van der Waals surface area contributed by atoms with E-state index in [1.807, 2.05) is 32.2 Å². The molecule has 0 aliphatic carbocycles. The van der Waals surface area contributed by atoms with Gasteiger partial charge in [-0.15, -0.1) is 0 Å². The summed E-state index contributed by atoms with van der Waals surface area (Å²) in [5, 5.41) is 4.30. The van der Waals surface area contributed by atoms with Gasteiger partial charge in [0, 0.05) is 31.5 Å². The number of H-pyrrole nitrogens is 1. The topological polar surface area (TPSA) is 110 Å². The summed E-state index contributed by atoms with van der Waals surface area (Å²) < 4.78 is 29.6. The number of nitrogens with one attached hydrogen (secondary N) is 1. The second-order valence-corrected chi connectivity index (χ2v) is 10.6. The van der Waals surface area contributed by atoms with Crippen LogP contribution in [-0.2, 0) is 16.4 Å². The number of nitrogens with zero attached hydrogens (tertiary/aromatic N) is 4. The third-order valence-electron chi connectivity index (χ3n) is 5.68. The molecule has 9 nitrogen and oxygen atoms in total. The monoisotopic (exact) mass is 445 g/mol. The average Bonchev–Trinajstić information content (AvgIpc) is 3.10. The van der Waals surface area contributed by atoms with Crippen LogP contribution in [0.2, 0.25) is 0 Å². The van der Waals surface area contributed by atoms with Crippen LogP contribution in [0.15, 0.2) is 46.4 Å². The highest BCUT2D eigenvalue weighted by Gasteiger charge is 2.28. The lowest BCUT2D eigenvalue weighted by Gasteiger charge is -2.31. The van der Waals surface area contributed by atoms with Crippen molar-refractivity contribution in [2.75, 3.05) is 18.8 Å². The van der Waals surface area contributed by atoms with Gasteiger partial charge in [0.1, 0.15) is 0 Å². The van der Waals surface area contributed by atoms with Crippen molar-refractivity contribution in [3.8, 4) is 5.69 Å². The van der Waals surface area contributed by atoms with Crippen LogP contribution in [-0.4, -0.2) is 50.7 Å². The van der Waals surface area contributed by atoms with Crippen molar-refractivity contribution < 1.29 is 8.42 Å². The maximum atomic E-state index is 12.5. The highest BCUT2D eigenvalue weighted by molar-refractivity contribution is 7.89. The summed E-state index contributed by atoms with van der Waals surface area (Å²) in [7, 11) is -3.18. The van der Waals surface area contributed by atoms with Crippen molar-refractivity contribution in [1.82, 2.24) is 23.5 Å².